The molecule has 4 aliphatic carbocycles. The number of hydrogen-bond donors (Lipinski definition) is 0. The number of fused-ring (bicyclic) bond motifs is 2. The monoisotopic (exact) mass is 856 g/mol. The fourth-order valence-electron chi connectivity index (χ4n) is 10.3. The smallest absolute Gasteiger partial charge is 1.00 e. The molecular formula is C44H46Cl2HfO2. The van der Waals surface area contributed by atoms with E-state index in [-0.39, 0.29) is 24.8 Å². The van der Waals surface area contributed by atoms with Crippen molar-refractivity contribution in [2.75, 3.05) is 14.2 Å². The third-order valence-electron chi connectivity index (χ3n) is 12.6. The maximum atomic E-state index is 5.52. The van der Waals surface area contributed by atoms with Crippen LogP contribution in [0.1, 0.15) is 81.0 Å². The van der Waals surface area contributed by atoms with Gasteiger partial charge in [0.25, 0.3) is 0 Å². The zero-order valence-corrected chi connectivity index (χ0v) is 33.8. The van der Waals surface area contributed by atoms with E-state index in [1.54, 1.807) is 25.3 Å². The summed E-state index contributed by atoms with van der Waals surface area (Å²) in [6.07, 6.45) is 16.6. The molecule has 3 fully saturated rings. The van der Waals surface area contributed by atoms with Crippen LogP contribution in [0.4, 0.5) is 0 Å². The van der Waals surface area contributed by atoms with E-state index in [1.165, 1.54) is 93.1 Å². The summed E-state index contributed by atoms with van der Waals surface area (Å²) in [5.41, 5.74) is 15.6. The standard InChI is InChI=1S/2C21H21O.C2H4.2ClH.Hf/c2*1-22-19-11-9-16(10-12-19)20-8-4-7-17-13-18(14-21(17)20)15-5-2-3-6-15;1-2;;;/h2*4,7-15H,2-3,5-6H2,1H3;1-2H2;2*1H;/q;;;;;+2/p-2. The molecule has 5 aliphatic rings. The van der Waals surface area contributed by atoms with Crippen molar-refractivity contribution in [2.24, 2.45) is 11.8 Å². The molecule has 4 aromatic rings. The number of ether oxygens (including phenoxy) is 2. The third-order valence-corrected chi connectivity index (χ3v) is 31.5. The Hall–Kier alpha value is -2.59. The van der Waals surface area contributed by atoms with E-state index in [1.807, 2.05) is 11.1 Å². The molecule has 2 atom stereocenters. The largest absolute Gasteiger partial charge is 1.00 e. The minimum atomic E-state index is -3.04. The first-order valence-corrected chi connectivity index (χ1v) is 27.4. The molecule has 1 heterocycles. The molecule has 252 valence electrons. The van der Waals surface area contributed by atoms with E-state index >= 15 is 0 Å². The summed E-state index contributed by atoms with van der Waals surface area (Å²) in [5.74, 6) is 3.38. The van der Waals surface area contributed by atoms with Gasteiger partial charge in [0.15, 0.2) is 0 Å². The fourth-order valence-corrected chi connectivity index (χ4v) is 38.5. The second-order valence-corrected chi connectivity index (χ2v) is 31.5. The van der Waals surface area contributed by atoms with Crippen molar-refractivity contribution >= 4 is 12.2 Å². The molecule has 1 aliphatic heterocycles. The number of benzene rings is 4. The number of methoxy groups -OCH3 is 2. The normalized spacial score (nSPS) is 21.3. The van der Waals surface area contributed by atoms with Crippen LogP contribution in [0.25, 0.3) is 34.4 Å². The van der Waals surface area contributed by atoms with Crippen LogP contribution < -0.4 is 34.3 Å². The molecule has 0 bridgehead atoms. The van der Waals surface area contributed by atoms with E-state index in [0.29, 0.717) is 7.35 Å². The molecule has 0 amide bonds. The Bertz CT molecular complexity index is 1740. The predicted molar refractivity (Wildman–Crippen MR) is 192 cm³/mol. The first-order valence-electron chi connectivity index (χ1n) is 18.2. The van der Waals surface area contributed by atoms with Crippen LogP contribution in [-0.4, -0.2) is 14.2 Å². The van der Waals surface area contributed by atoms with E-state index < -0.39 is 20.0 Å². The van der Waals surface area contributed by atoms with E-state index in [4.69, 9.17) is 9.47 Å². The fraction of sp³-hybridized carbons (Fsp3) is 0.364. The molecule has 0 aromatic heterocycles. The first kappa shape index (κ1) is 34.8. The van der Waals surface area contributed by atoms with Gasteiger partial charge < -0.3 is 24.8 Å². The molecular weight excluding hydrogens is 810 g/mol. The number of allylic oxidation sites excluding steroid dienone is 2. The van der Waals surface area contributed by atoms with E-state index in [9.17, 15) is 0 Å². The van der Waals surface area contributed by atoms with Crippen LogP contribution in [0.3, 0.4) is 0 Å². The van der Waals surface area contributed by atoms with E-state index in [2.05, 4.69) is 97.1 Å². The van der Waals surface area contributed by atoms with Gasteiger partial charge in [-0.15, -0.1) is 0 Å². The van der Waals surface area contributed by atoms with Gasteiger partial charge in [-0.1, -0.05) is 0 Å². The topological polar surface area (TPSA) is 18.5 Å². The van der Waals surface area contributed by atoms with Crippen molar-refractivity contribution in [2.45, 2.75) is 67.1 Å². The van der Waals surface area contributed by atoms with Gasteiger partial charge in [-0.2, -0.15) is 0 Å². The van der Waals surface area contributed by atoms with Gasteiger partial charge in [-0.3, -0.25) is 0 Å². The van der Waals surface area contributed by atoms with Crippen LogP contribution in [0.15, 0.2) is 96.1 Å². The quantitative estimate of drug-likeness (QED) is 0.203. The van der Waals surface area contributed by atoms with Crippen LogP contribution in [0.5, 0.6) is 11.5 Å². The second kappa shape index (κ2) is 14.2. The Balaban J connectivity index is 0.00000189. The Kier molecular flexibility index (Phi) is 10.1. The average Bonchev–Trinajstić information content (AvgIpc) is 3.66. The first-order chi connectivity index (χ1) is 23.2. The van der Waals surface area contributed by atoms with Crippen molar-refractivity contribution in [3.8, 4) is 33.8 Å². The molecule has 2 saturated carbocycles. The van der Waals surface area contributed by atoms with Crippen molar-refractivity contribution in [3.63, 3.8) is 0 Å². The minimum absolute atomic E-state index is 0. The molecule has 0 spiro atoms. The SMILES string of the molecule is COc1ccc(-c2cccc3c2C=C(C2CCCC2)[CH]3[Hf+2]2([CH]3C(C4CCCC4)=Cc4c(-c5ccc(OC)cc5)cccc43)[CH2][CH2]2)cc1.[Cl-].[Cl-]. The maximum Gasteiger partial charge on any atom is -1.00 e. The van der Waals surface area contributed by atoms with Crippen LogP contribution in [0, 0.1) is 11.8 Å². The molecule has 4 aromatic carbocycles. The molecule has 9 rings (SSSR count). The van der Waals surface area contributed by atoms with Gasteiger partial charge >= 0.3 is 287 Å². The number of rotatable bonds is 8. The Morgan fingerprint density at radius 2 is 0.898 bits per heavy atom. The Labute approximate surface area is 309 Å². The van der Waals surface area contributed by atoms with Crippen LogP contribution in [-0.2, 0) is 20.0 Å². The average molecular weight is 856 g/mol. The van der Waals surface area contributed by atoms with Gasteiger partial charge in [0.05, 0.1) is 0 Å². The Morgan fingerprint density at radius 3 is 1.24 bits per heavy atom. The molecule has 2 nitrogen and oxygen atoms in total. The van der Waals surface area contributed by atoms with Crippen molar-refractivity contribution < 1.29 is 54.3 Å². The summed E-state index contributed by atoms with van der Waals surface area (Å²) < 4.78 is 15.5. The number of halogens is 2. The van der Waals surface area contributed by atoms with Crippen molar-refractivity contribution in [3.05, 3.63) is 118 Å². The molecule has 5 heteroatoms. The summed E-state index contributed by atoms with van der Waals surface area (Å²) in [7, 11) is 3.52. The van der Waals surface area contributed by atoms with Gasteiger partial charge in [0.2, 0.25) is 0 Å². The van der Waals surface area contributed by atoms with Crippen molar-refractivity contribution in [1.82, 2.24) is 0 Å². The van der Waals surface area contributed by atoms with Gasteiger partial charge in [-0.25, -0.2) is 0 Å². The van der Waals surface area contributed by atoms with Crippen molar-refractivity contribution in [1.29, 1.82) is 0 Å². The zero-order chi connectivity index (χ0) is 31.5. The maximum absolute atomic E-state index is 5.52. The molecule has 49 heavy (non-hydrogen) atoms. The third kappa shape index (κ3) is 5.90. The predicted octanol–water partition coefficient (Wildman–Crippen LogP) is 6.01. The van der Waals surface area contributed by atoms with E-state index in [0.717, 1.165) is 23.3 Å². The Morgan fingerprint density at radius 1 is 0.510 bits per heavy atom. The van der Waals surface area contributed by atoms with Crippen LogP contribution >= 0.6 is 0 Å². The second-order valence-electron chi connectivity index (χ2n) is 14.9. The summed E-state index contributed by atoms with van der Waals surface area (Å²) in [6, 6.07) is 32.1. The summed E-state index contributed by atoms with van der Waals surface area (Å²) in [6.45, 7) is 0. The van der Waals surface area contributed by atoms with Gasteiger partial charge in [-0.05, 0) is 0 Å². The molecule has 0 N–H and O–H groups in total. The molecule has 1 saturated heterocycles. The molecule has 2 unspecified atom stereocenters. The van der Waals surface area contributed by atoms with Gasteiger partial charge in [0.1, 0.15) is 0 Å². The van der Waals surface area contributed by atoms with Crippen LogP contribution in [0.2, 0.25) is 8.35 Å². The summed E-state index contributed by atoms with van der Waals surface area (Å²) >= 11 is -3.04. The van der Waals surface area contributed by atoms with Gasteiger partial charge in [0, 0.05) is 0 Å². The zero-order valence-electron chi connectivity index (χ0n) is 28.7. The molecule has 0 radical (unpaired) electrons. The summed E-state index contributed by atoms with van der Waals surface area (Å²) in [5, 5.41) is 0. The minimum Gasteiger partial charge on any atom is -1.00 e. The number of hydrogen-bond acceptors (Lipinski definition) is 2. The summed E-state index contributed by atoms with van der Waals surface area (Å²) in [4.78, 5) is 0.